The van der Waals surface area contributed by atoms with Gasteiger partial charge >= 0.3 is 0 Å². The van der Waals surface area contributed by atoms with Gasteiger partial charge in [0.15, 0.2) is 11.6 Å². The van der Waals surface area contributed by atoms with Crippen molar-refractivity contribution in [1.29, 1.82) is 0 Å². The van der Waals surface area contributed by atoms with E-state index in [0.717, 1.165) is 16.8 Å². The van der Waals surface area contributed by atoms with Crippen molar-refractivity contribution in [3.05, 3.63) is 58.6 Å². The first-order chi connectivity index (χ1) is 10.5. The Kier molecular flexibility index (Phi) is 4.07. The number of halogens is 2. The fourth-order valence-electron chi connectivity index (χ4n) is 2.22. The number of nitrogens with one attached hydrogen (secondary N) is 1. The zero-order valence-corrected chi connectivity index (χ0v) is 13.2. The van der Waals surface area contributed by atoms with Crippen LogP contribution in [0.1, 0.15) is 30.3 Å². The van der Waals surface area contributed by atoms with Crippen LogP contribution < -0.4 is 5.32 Å². The van der Waals surface area contributed by atoms with Crippen LogP contribution in [0.3, 0.4) is 0 Å². The molecular weight excluding hydrogens is 302 g/mol. The van der Waals surface area contributed by atoms with Gasteiger partial charge in [-0.05, 0) is 35.7 Å². The molecule has 2 nitrogen and oxygen atoms in total. The number of rotatable bonds is 4. The van der Waals surface area contributed by atoms with Crippen LogP contribution in [0.25, 0.3) is 10.2 Å². The molecule has 0 atom stereocenters. The second kappa shape index (κ2) is 6.01. The van der Waals surface area contributed by atoms with Crippen LogP contribution >= 0.6 is 11.3 Å². The largest absolute Gasteiger partial charge is 0.379 e. The Morgan fingerprint density at radius 1 is 1.09 bits per heavy atom. The van der Waals surface area contributed by atoms with Crippen LogP contribution in [0.2, 0.25) is 0 Å². The minimum absolute atomic E-state index is 0.270. The van der Waals surface area contributed by atoms with E-state index in [2.05, 4.69) is 36.3 Å². The van der Waals surface area contributed by atoms with Crippen molar-refractivity contribution in [2.24, 2.45) is 0 Å². The molecule has 0 fully saturated rings. The summed E-state index contributed by atoms with van der Waals surface area (Å²) in [5, 5.41) is 3.98. The molecule has 0 radical (unpaired) electrons. The summed E-state index contributed by atoms with van der Waals surface area (Å²) in [6.45, 7) is 4.79. The van der Waals surface area contributed by atoms with Crippen LogP contribution in [0, 0.1) is 11.6 Å². The second-order valence-electron chi connectivity index (χ2n) is 5.45. The third-order valence-corrected chi connectivity index (χ3v) is 4.58. The highest BCUT2D eigenvalue weighted by Crippen LogP contribution is 2.27. The Balaban J connectivity index is 1.75. The number of fused-ring (bicyclic) bond motifs is 1. The van der Waals surface area contributed by atoms with Crippen LogP contribution in [0.5, 0.6) is 0 Å². The lowest BCUT2D eigenvalue weighted by atomic mass is 10.0. The molecule has 0 aliphatic rings. The quantitative estimate of drug-likeness (QED) is 0.705. The molecule has 0 aliphatic carbocycles. The Morgan fingerprint density at radius 3 is 2.50 bits per heavy atom. The molecule has 114 valence electrons. The first-order valence-corrected chi connectivity index (χ1v) is 7.93. The maximum absolute atomic E-state index is 13.7. The molecule has 5 heteroatoms. The summed E-state index contributed by atoms with van der Waals surface area (Å²) in [4.78, 5) is 4.32. The van der Waals surface area contributed by atoms with Crippen molar-refractivity contribution in [1.82, 2.24) is 4.98 Å². The fourth-order valence-corrected chi connectivity index (χ4v) is 3.15. The first kappa shape index (κ1) is 14.9. The smallest absolute Gasteiger partial charge is 0.178 e. The Bertz CT molecular complexity index is 794. The van der Waals surface area contributed by atoms with Gasteiger partial charge in [-0.25, -0.2) is 13.8 Å². The van der Waals surface area contributed by atoms with Crippen molar-refractivity contribution < 1.29 is 8.78 Å². The van der Waals surface area contributed by atoms with Gasteiger partial charge in [0.1, 0.15) is 5.01 Å². The van der Waals surface area contributed by atoms with E-state index in [1.54, 1.807) is 0 Å². The third kappa shape index (κ3) is 2.95. The van der Waals surface area contributed by atoms with Gasteiger partial charge in [0.25, 0.3) is 0 Å². The highest BCUT2D eigenvalue weighted by molar-refractivity contribution is 7.18. The lowest BCUT2D eigenvalue weighted by molar-refractivity contribution is 0.518. The SMILES string of the molecule is CC(C)c1ccc(NCc2nc3ccc(F)c(F)c3s2)cc1. The lowest BCUT2D eigenvalue weighted by Crippen LogP contribution is -1.99. The second-order valence-corrected chi connectivity index (χ2v) is 6.53. The van der Waals surface area contributed by atoms with E-state index in [1.807, 2.05) is 12.1 Å². The molecule has 1 N–H and O–H groups in total. The summed E-state index contributed by atoms with van der Waals surface area (Å²) < 4.78 is 27.1. The highest BCUT2D eigenvalue weighted by Gasteiger charge is 2.12. The summed E-state index contributed by atoms with van der Waals surface area (Å²) in [6, 6.07) is 10.8. The molecule has 0 aliphatic heterocycles. The van der Waals surface area contributed by atoms with Gasteiger partial charge in [-0.15, -0.1) is 11.3 Å². The summed E-state index contributed by atoms with van der Waals surface area (Å²) in [5.74, 6) is -1.15. The molecule has 0 spiro atoms. The lowest BCUT2D eigenvalue weighted by Gasteiger charge is -2.08. The molecule has 0 unspecified atom stereocenters. The minimum atomic E-state index is -0.833. The molecule has 0 saturated carbocycles. The van der Waals surface area contributed by atoms with Crippen molar-refractivity contribution in [2.75, 3.05) is 5.32 Å². The van der Waals surface area contributed by atoms with Gasteiger partial charge in [0.05, 0.1) is 16.8 Å². The maximum atomic E-state index is 13.7. The predicted octanol–water partition coefficient (Wildman–Crippen LogP) is 5.31. The number of anilines is 1. The molecule has 1 heterocycles. The molecule has 0 saturated heterocycles. The molecule has 1 aromatic heterocycles. The zero-order valence-electron chi connectivity index (χ0n) is 12.4. The van der Waals surface area contributed by atoms with Gasteiger partial charge in [-0.2, -0.15) is 0 Å². The number of hydrogen-bond donors (Lipinski definition) is 1. The fraction of sp³-hybridized carbons (Fsp3) is 0.235. The third-order valence-electron chi connectivity index (χ3n) is 3.52. The van der Waals surface area contributed by atoms with Crippen LogP contribution in [-0.4, -0.2) is 4.98 Å². The van der Waals surface area contributed by atoms with E-state index in [4.69, 9.17) is 0 Å². The van der Waals surface area contributed by atoms with Gasteiger partial charge < -0.3 is 5.32 Å². The van der Waals surface area contributed by atoms with Gasteiger partial charge in [0, 0.05) is 5.69 Å². The molecule has 0 bridgehead atoms. The number of thiazole rings is 1. The summed E-state index contributed by atoms with van der Waals surface area (Å²) >= 11 is 1.18. The summed E-state index contributed by atoms with van der Waals surface area (Å²) in [5.41, 5.74) is 2.76. The average molecular weight is 318 g/mol. The topological polar surface area (TPSA) is 24.9 Å². The Morgan fingerprint density at radius 2 is 1.82 bits per heavy atom. The number of aromatic nitrogens is 1. The number of nitrogens with zero attached hydrogens (tertiary/aromatic N) is 1. The number of hydrogen-bond acceptors (Lipinski definition) is 3. The van der Waals surface area contributed by atoms with E-state index >= 15 is 0 Å². The van der Waals surface area contributed by atoms with Crippen LogP contribution in [0.4, 0.5) is 14.5 Å². The Labute approximate surface area is 131 Å². The monoisotopic (exact) mass is 318 g/mol. The van der Waals surface area contributed by atoms with E-state index in [1.165, 1.54) is 23.0 Å². The normalized spacial score (nSPS) is 11.3. The van der Waals surface area contributed by atoms with Gasteiger partial charge in [0.2, 0.25) is 0 Å². The van der Waals surface area contributed by atoms with E-state index < -0.39 is 11.6 Å². The van der Waals surface area contributed by atoms with Crippen molar-refractivity contribution in [3.8, 4) is 0 Å². The molecular formula is C17H16F2N2S. The number of benzene rings is 2. The molecule has 22 heavy (non-hydrogen) atoms. The van der Waals surface area contributed by atoms with Crippen LogP contribution in [0.15, 0.2) is 36.4 Å². The predicted molar refractivity (Wildman–Crippen MR) is 87.4 cm³/mol. The Hall–Kier alpha value is -2.01. The molecule has 3 rings (SSSR count). The van der Waals surface area contributed by atoms with Crippen molar-refractivity contribution in [3.63, 3.8) is 0 Å². The van der Waals surface area contributed by atoms with Gasteiger partial charge in [-0.3, -0.25) is 0 Å². The van der Waals surface area contributed by atoms with Crippen molar-refractivity contribution in [2.45, 2.75) is 26.3 Å². The van der Waals surface area contributed by atoms with E-state index in [9.17, 15) is 8.78 Å². The van der Waals surface area contributed by atoms with Crippen molar-refractivity contribution >= 4 is 27.2 Å². The van der Waals surface area contributed by atoms with Crippen LogP contribution in [-0.2, 0) is 6.54 Å². The van der Waals surface area contributed by atoms with E-state index in [-0.39, 0.29) is 4.70 Å². The first-order valence-electron chi connectivity index (χ1n) is 7.12. The maximum Gasteiger partial charge on any atom is 0.178 e. The molecule has 2 aromatic carbocycles. The highest BCUT2D eigenvalue weighted by atomic mass is 32.1. The summed E-state index contributed by atoms with van der Waals surface area (Å²) in [6.07, 6.45) is 0. The average Bonchev–Trinajstić information content (AvgIpc) is 2.93. The van der Waals surface area contributed by atoms with Gasteiger partial charge in [-0.1, -0.05) is 26.0 Å². The standard InChI is InChI=1S/C17H16F2N2S/c1-10(2)11-3-5-12(6-4-11)20-9-15-21-14-8-7-13(18)16(19)17(14)22-15/h3-8,10,20H,9H2,1-2H3. The zero-order chi connectivity index (χ0) is 15.7. The van der Waals surface area contributed by atoms with E-state index in [0.29, 0.717) is 18.0 Å². The molecule has 0 amide bonds. The molecule has 3 aromatic rings. The minimum Gasteiger partial charge on any atom is -0.379 e. The summed E-state index contributed by atoms with van der Waals surface area (Å²) in [7, 11) is 0.